The number of benzene rings is 1. The van der Waals surface area contributed by atoms with Crippen molar-refractivity contribution in [3.05, 3.63) is 29.3 Å². The molecule has 1 fully saturated rings. The highest BCUT2D eigenvalue weighted by Gasteiger charge is 2.38. The van der Waals surface area contributed by atoms with Crippen LogP contribution in [0.1, 0.15) is 29.9 Å². The Labute approximate surface area is 88.9 Å². The van der Waals surface area contributed by atoms with Crippen LogP contribution in [-0.2, 0) is 4.79 Å². The molecular formula is C12H15NO2. The van der Waals surface area contributed by atoms with Crippen molar-refractivity contribution in [1.29, 1.82) is 0 Å². The molecule has 0 bridgehead atoms. The fourth-order valence-electron chi connectivity index (χ4n) is 1.99. The van der Waals surface area contributed by atoms with Crippen LogP contribution in [0.4, 0.5) is 5.69 Å². The van der Waals surface area contributed by atoms with Gasteiger partial charge in [0.1, 0.15) is 0 Å². The summed E-state index contributed by atoms with van der Waals surface area (Å²) in [6.45, 7) is 1.91. The Morgan fingerprint density at radius 2 is 2.20 bits per heavy atom. The lowest BCUT2D eigenvalue weighted by molar-refractivity contribution is -0.139. The summed E-state index contributed by atoms with van der Waals surface area (Å²) < 4.78 is 0. The standard InChI is InChI=1S/C12H15NO2/c1-7-3-2-4-9(11(7)13)10(12(14)15)8-5-6-8/h2-4,8,10H,5-6,13H2,1H3,(H,14,15). The third-order valence-corrected chi connectivity index (χ3v) is 3.05. The number of anilines is 1. The summed E-state index contributed by atoms with van der Waals surface area (Å²) in [7, 11) is 0. The van der Waals surface area contributed by atoms with Crippen LogP contribution in [0, 0.1) is 12.8 Å². The van der Waals surface area contributed by atoms with Gasteiger partial charge in [-0.3, -0.25) is 4.79 Å². The zero-order valence-electron chi connectivity index (χ0n) is 8.73. The molecule has 1 unspecified atom stereocenters. The van der Waals surface area contributed by atoms with E-state index in [0.29, 0.717) is 5.69 Å². The number of hydrogen-bond donors (Lipinski definition) is 2. The van der Waals surface area contributed by atoms with Crippen molar-refractivity contribution in [2.45, 2.75) is 25.7 Å². The van der Waals surface area contributed by atoms with E-state index in [0.717, 1.165) is 24.0 Å². The molecule has 1 aliphatic rings. The summed E-state index contributed by atoms with van der Waals surface area (Å²) in [6.07, 6.45) is 2.01. The third-order valence-electron chi connectivity index (χ3n) is 3.05. The molecule has 0 heterocycles. The zero-order chi connectivity index (χ0) is 11.0. The molecule has 3 nitrogen and oxygen atoms in total. The first kappa shape index (κ1) is 10.0. The number of para-hydroxylation sites is 1. The molecule has 0 aliphatic heterocycles. The van der Waals surface area contributed by atoms with E-state index < -0.39 is 11.9 Å². The molecule has 0 radical (unpaired) electrons. The molecule has 0 amide bonds. The molecule has 1 aromatic rings. The van der Waals surface area contributed by atoms with Crippen LogP contribution in [0.15, 0.2) is 18.2 Å². The second kappa shape index (κ2) is 3.57. The van der Waals surface area contributed by atoms with Crippen molar-refractivity contribution in [3.8, 4) is 0 Å². The van der Waals surface area contributed by atoms with Crippen LogP contribution in [0.2, 0.25) is 0 Å². The summed E-state index contributed by atoms with van der Waals surface area (Å²) >= 11 is 0. The summed E-state index contributed by atoms with van der Waals surface area (Å²) in [5.41, 5.74) is 8.30. The smallest absolute Gasteiger partial charge is 0.311 e. The topological polar surface area (TPSA) is 63.3 Å². The maximum absolute atomic E-state index is 11.2. The van der Waals surface area contributed by atoms with E-state index in [1.165, 1.54) is 0 Å². The molecule has 0 spiro atoms. The normalized spacial score (nSPS) is 17.4. The Morgan fingerprint density at radius 3 is 2.73 bits per heavy atom. The maximum Gasteiger partial charge on any atom is 0.311 e. The number of hydrogen-bond acceptors (Lipinski definition) is 2. The molecule has 2 rings (SSSR count). The van der Waals surface area contributed by atoms with Crippen molar-refractivity contribution >= 4 is 11.7 Å². The van der Waals surface area contributed by atoms with Gasteiger partial charge in [0, 0.05) is 5.69 Å². The lowest BCUT2D eigenvalue weighted by atomic mass is 9.91. The molecule has 1 aromatic carbocycles. The fourth-order valence-corrected chi connectivity index (χ4v) is 1.99. The Kier molecular flexibility index (Phi) is 2.39. The van der Waals surface area contributed by atoms with Crippen LogP contribution >= 0.6 is 0 Å². The van der Waals surface area contributed by atoms with Gasteiger partial charge in [-0.15, -0.1) is 0 Å². The second-order valence-electron chi connectivity index (χ2n) is 4.23. The van der Waals surface area contributed by atoms with E-state index in [-0.39, 0.29) is 5.92 Å². The molecule has 0 saturated heterocycles. The van der Waals surface area contributed by atoms with Crippen molar-refractivity contribution in [1.82, 2.24) is 0 Å². The largest absolute Gasteiger partial charge is 0.481 e. The minimum absolute atomic E-state index is 0.284. The van der Waals surface area contributed by atoms with Gasteiger partial charge in [0.15, 0.2) is 0 Å². The minimum atomic E-state index is -0.755. The highest BCUT2D eigenvalue weighted by atomic mass is 16.4. The Balaban J connectivity index is 2.41. The number of aliphatic carboxylic acids is 1. The van der Waals surface area contributed by atoms with Crippen molar-refractivity contribution in [2.24, 2.45) is 5.92 Å². The van der Waals surface area contributed by atoms with Gasteiger partial charge in [0.2, 0.25) is 0 Å². The molecule has 3 heteroatoms. The molecule has 3 N–H and O–H groups in total. The lowest BCUT2D eigenvalue weighted by Gasteiger charge is -2.15. The van der Waals surface area contributed by atoms with Crippen LogP contribution in [0.5, 0.6) is 0 Å². The third kappa shape index (κ3) is 1.82. The predicted octanol–water partition coefficient (Wildman–Crippen LogP) is 2.16. The van der Waals surface area contributed by atoms with Gasteiger partial charge in [0.25, 0.3) is 0 Å². The number of rotatable bonds is 3. The number of carboxylic acids is 1. The number of aryl methyl sites for hydroxylation is 1. The first-order chi connectivity index (χ1) is 7.11. The summed E-state index contributed by atoms with van der Waals surface area (Å²) in [5, 5.41) is 9.20. The molecule has 1 aliphatic carbocycles. The molecule has 1 atom stereocenters. The molecule has 0 aromatic heterocycles. The number of nitrogen functional groups attached to an aromatic ring is 1. The number of carbonyl (C=O) groups is 1. The Hall–Kier alpha value is -1.51. The molecule has 80 valence electrons. The average molecular weight is 205 g/mol. The molecular weight excluding hydrogens is 190 g/mol. The number of carboxylic acid groups (broad SMARTS) is 1. The highest BCUT2D eigenvalue weighted by molar-refractivity contribution is 5.80. The van der Waals surface area contributed by atoms with Gasteiger partial charge in [-0.25, -0.2) is 0 Å². The summed E-state index contributed by atoms with van der Waals surface area (Å²) in [5.74, 6) is -0.883. The highest BCUT2D eigenvalue weighted by Crippen LogP contribution is 2.44. The zero-order valence-corrected chi connectivity index (χ0v) is 8.73. The van der Waals surface area contributed by atoms with E-state index >= 15 is 0 Å². The summed E-state index contributed by atoms with van der Waals surface area (Å²) in [6, 6.07) is 5.61. The quantitative estimate of drug-likeness (QED) is 0.743. The Bertz CT molecular complexity index is 397. The van der Waals surface area contributed by atoms with Crippen LogP contribution in [0.25, 0.3) is 0 Å². The minimum Gasteiger partial charge on any atom is -0.481 e. The van der Waals surface area contributed by atoms with Gasteiger partial charge >= 0.3 is 5.97 Å². The van der Waals surface area contributed by atoms with E-state index in [4.69, 9.17) is 5.73 Å². The van der Waals surface area contributed by atoms with Gasteiger partial charge in [0.05, 0.1) is 5.92 Å². The number of nitrogens with two attached hydrogens (primary N) is 1. The van der Waals surface area contributed by atoms with Gasteiger partial charge in [-0.05, 0) is 36.8 Å². The Morgan fingerprint density at radius 1 is 1.53 bits per heavy atom. The SMILES string of the molecule is Cc1cccc(C(C(=O)O)C2CC2)c1N. The second-order valence-corrected chi connectivity index (χ2v) is 4.23. The van der Waals surface area contributed by atoms with Crippen LogP contribution in [-0.4, -0.2) is 11.1 Å². The molecule has 1 saturated carbocycles. The van der Waals surface area contributed by atoms with Crippen LogP contribution in [0.3, 0.4) is 0 Å². The first-order valence-electron chi connectivity index (χ1n) is 5.19. The predicted molar refractivity (Wildman–Crippen MR) is 58.7 cm³/mol. The van der Waals surface area contributed by atoms with Crippen molar-refractivity contribution < 1.29 is 9.90 Å². The molecule has 15 heavy (non-hydrogen) atoms. The van der Waals surface area contributed by atoms with Crippen molar-refractivity contribution in [2.75, 3.05) is 5.73 Å². The monoisotopic (exact) mass is 205 g/mol. The van der Waals surface area contributed by atoms with E-state index in [9.17, 15) is 9.90 Å². The van der Waals surface area contributed by atoms with Gasteiger partial charge < -0.3 is 10.8 Å². The van der Waals surface area contributed by atoms with Crippen molar-refractivity contribution in [3.63, 3.8) is 0 Å². The van der Waals surface area contributed by atoms with E-state index in [1.807, 2.05) is 25.1 Å². The average Bonchev–Trinajstić information content (AvgIpc) is 2.96. The van der Waals surface area contributed by atoms with E-state index in [2.05, 4.69) is 0 Å². The maximum atomic E-state index is 11.2. The van der Waals surface area contributed by atoms with Crippen LogP contribution < -0.4 is 5.73 Å². The summed E-state index contributed by atoms with van der Waals surface area (Å²) in [4.78, 5) is 11.2. The van der Waals surface area contributed by atoms with E-state index in [1.54, 1.807) is 0 Å². The lowest BCUT2D eigenvalue weighted by Crippen LogP contribution is -2.15. The van der Waals surface area contributed by atoms with Gasteiger partial charge in [-0.2, -0.15) is 0 Å². The first-order valence-corrected chi connectivity index (χ1v) is 5.19. The fraction of sp³-hybridized carbons (Fsp3) is 0.417. The van der Waals surface area contributed by atoms with Gasteiger partial charge in [-0.1, -0.05) is 18.2 Å².